The summed E-state index contributed by atoms with van der Waals surface area (Å²) < 4.78 is 8.20. The molecule has 0 aliphatic rings. The van der Waals surface area contributed by atoms with E-state index in [1.807, 2.05) is 43.3 Å². The van der Waals surface area contributed by atoms with E-state index >= 15 is 0 Å². The van der Waals surface area contributed by atoms with E-state index in [0.29, 0.717) is 18.8 Å². The second-order valence-electron chi connectivity index (χ2n) is 7.01. The van der Waals surface area contributed by atoms with E-state index in [4.69, 9.17) is 4.42 Å². The molecule has 2 N–H and O–H groups in total. The number of rotatable bonds is 7. The summed E-state index contributed by atoms with van der Waals surface area (Å²) in [6.07, 6.45) is 1.44. The van der Waals surface area contributed by atoms with Crippen LogP contribution in [0.3, 0.4) is 0 Å². The standard InChI is InChI=1S/C23H22N4O4/c1-2-26-18-6-3-4-7-19(18)27(23(26)30)15-21(28)24-14-16-9-11-17(12-10-16)25-22(29)20-8-5-13-31-20/h3-13H,2,14-15H2,1H3,(H,24,28)(H,25,29). The number of anilines is 1. The lowest BCUT2D eigenvalue weighted by atomic mass is 10.2. The third-order valence-corrected chi connectivity index (χ3v) is 4.99. The fourth-order valence-electron chi connectivity index (χ4n) is 3.44. The van der Waals surface area contributed by atoms with Crippen molar-refractivity contribution < 1.29 is 14.0 Å². The van der Waals surface area contributed by atoms with Crippen LogP contribution in [-0.2, 0) is 24.4 Å². The molecule has 4 aromatic rings. The summed E-state index contributed by atoms with van der Waals surface area (Å²) >= 11 is 0. The van der Waals surface area contributed by atoms with Crippen molar-refractivity contribution in [1.29, 1.82) is 0 Å². The van der Waals surface area contributed by atoms with Crippen molar-refractivity contribution in [3.63, 3.8) is 0 Å². The summed E-state index contributed by atoms with van der Waals surface area (Å²) in [7, 11) is 0. The van der Waals surface area contributed by atoms with Gasteiger partial charge in [-0.05, 0) is 48.9 Å². The van der Waals surface area contributed by atoms with Crippen LogP contribution in [0.1, 0.15) is 23.0 Å². The fraction of sp³-hybridized carbons (Fsp3) is 0.174. The van der Waals surface area contributed by atoms with Gasteiger partial charge in [-0.25, -0.2) is 4.79 Å². The van der Waals surface area contributed by atoms with Crippen LogP contribution in [0, 0.1) is 0 Å². The van der Waals surface area contributed by atoms with Gasteiger partial charge >= 0.3 is 5.69 Å². The van der Waals surface area contributed by atoms with Gasteiger partial charge in [-0.15, -0.1) is 0 Å². The van der Waals surface area contributed by atoms with E-state index < -0.39 is 0 Å². The first kappa shape index (κ1) is 20.2. The first-order valence-corrected chi connectivity index (χ1v) is 9.95. The minimum absolute atomic E-state index is 0.0519. The Labute approximate surface area is 178 Å². The van der Waals surface area contributed by atoms with Crippen LogP contribution in [0.5, 0.6) is 0 Å². The number of benzene rings is 2. The first-order valence-electron chi connectivity index (χ1n) is 9.95. The Balaban J connectivity index is 1.37. The normalized spacial score (nSPS) is 10.9. The molecular formula is C23H22N4O4. The number of hydrogen-bond donors (Lipinski definition) is 2. The lowest BCUT2D eigenvalue weighted by Gasteiger charge is -2.08. The van der Waals surface area contributed by atoms with Crippen molar-refractivity contribution in [3.05, 3.63) is 88.7 Å². The van der Waals surface area contributed by atoms with E-state index in [2.05, 4.69) is 10.6 Å². The van der Waals surface area contributed by atoms with E-state index in [1.165, 1.54) is 10.8 Å². The van der Waals surface area contributed by atoms with Crippen molar-refractivity contribution in [1.82, 2.24) is 14.5 Å². The van der Waals surface area contributed by atoms with E-state index in [0.717, 1.165) is 16.6 Å². The monoisotopic (exact) mass is 418 g/mol. The van der Waals surface area contributed by atoms with Gasteiger partial charge in [0.25, 0.3) is 5.91 Å². The number of imidazole rings is 1. The number of furan rings is 1. The molecule has 8 nitrogen and oxygen atoms in total. The maximum atomic E-state index is 12.6. The minimum Gasteiger partial charge on any atom is -0.459 e. The second-order valence-corrected chi connectivity index (χ2v) is 7.01. The zero-order valence-corrected chi connectivity index (χ0v) is 17.0. The van der Waals surface area contributed by atoms with Gasteiger partial charge in [-0.2, -0.15) is 0 Å². The molecule has 0 unspecified atom stereocenters. The summed E-state index contributed by atoms with van der Waals surface area (Å²) in [4.78, 5) is 37.1. The minimum atomic E-state index is -0.331. The van der Waals surface area contributed by atoms with Gasteiger partial charge < -0.3 is 15.1 Å². The van der Waals surface area contributed by atoms with Crippen molar-refractivity contribution in [2.45, 2.75) is 26.6 Å². The lowest BCUT2D eigenvalue weighted by Crippen LogP contribution is -2.32. The van der Waals surface area contributed by atoms with Gasteiger partial charge in [0.05, 0.1) is 17.3 Å². The number of fused-ring (bicyclic) bond motifs is 1. The number of carbonyl (C=O) groups is 2. The highest BCUT2D eigenvalue weighted by atomic mass is 16.3. The molecule has 31 heavy (non-hydrogen) atoms. The molecule has 2 heterocycles. The average molecular weight is 418 g/mol. The van der Waals surface area contributed by atoms with Crippen LogP contribution < -0.4 is 16.3 Å². The Hall–Kier alpha value is -4.07. The van der Waals surface area contributed by atoms with Crippen molar-refractivity contribution in [3.8, 4) is 0 Å². The molecule has 0 bridgehead atoms. The molecule has 0 radical (unpaired) electrons. The van der Waals surface area contributed by atoms with Crippen molar-refractivity contribution >= 4 is 28.5 Å². The summed E-state index contributed by atoms with van der Waals surface area (Å²) in [5, 5.41) is 5.58. The molecule has 0 aliphatic heterocycles. The van der Waals surface area contributed by atoms with Crippen LogP contribution in [-0.4, -0.2) is 20.9 Å². The van der Waals surface area contributed by atoms with Crippen molar-refractivity contribution in [2.75, 3.05) is 5.32 Å². The number of amides is 2. The predicted octanol–water partition coefficient (Wildman–Crippen LogP) is 2.98. The Kier molecular flexibility index (Phi) is 5.70. The number of carbonyl (C=O) groups excluding carboxylic acids is 2. The molecule has 2 aromatic carbocycles. The second kappa shape index (κ2) is 8.74. The Bertz CT molecular complexity index is 1270. The summed E-state index contributed by atoms with van der Waals surface area (Å²) in [5.41, 5.74) is 2.84. The molecular weight excluding hydrogens is 396 g/mol. The third kappa shape index (κ3) is 4.28. The Morgan fingerprint density at radius 3 is 2.29 bits per heavy atom. The maximum absolute atomic E-state index is 12.6. The van der Waals surface area contributed by atoms with Gasteiger partial charge in [-0.3, -0.25) is 18.7 Å². The topological polar surface area (TPSA) is 98.3 Å². The predicted molar refractivity (Wildman–Crippen MR) is 117 cm³/mol. The summed E-state index contributed by atoms with van der Waals surface area (Å²) in [6, 6.07) is 17.8. The quantitative estimate of drug-likeness (QED) is 0.482. The number of nitrogens with one attached hydrogen (secondary N) is 2. The van der Waals surface area contributed by atoms with E-state index in [9.17, 15) is 14.4 Å². The number of aromatic nitrogens is 2. The van der Waals surface area contributed by atoms with Crippen molar-refractivity contribution in [2.24, 2.45) is 0 Å². The molecule has 0 saturated carbocycles. The van der Waals surface area contributed by atoms with Gasteiger partial charge in [-0.1, -0.05) is 24.3 Å². The highest BCUT2D eigenvalue weighted by Gasteiger charge is 2.14. The van der Waals surface area contributed by atoms with Gasteiger partial charge in [0, 0.05) is 18.8 Å². The SMILES string of the molecule is CCn1c(=O)n(CC(=O)NCc2ccc(NC(=O)c3ccco3)cc2)c2ccccc21. The number of hydrogen-bond acceptors (Lipinski definition) is 4. The highest BCUT2D eigenvalue weighted by Crippen LogP contribution is 2.13. The molecule has 0 fully saturated rings. The molecule has 2 amide bonds. The van der Waals surface area contributed by atoms with Crippen LogP contribution >= 0.6 is 0 Å². The highest BCUT2D eigenvalue weighted by molar-refractivity contribution is 6.02. The first-order chi connectivity index (χ1) is 15.1. The zero-order valence-electron chi connectivity index (χ0n) is 17.0. The lowest BCUT2D eigenvalue weighted by molar-refractivity contribution is -0.121. The van der Waals surface area contributed by atoms with Gasteiger partial charge in [0.1, 0.15) is 6.54 Å². The summed E-state index contributed by atoms with van der Waals surface area (Å²) in [5.74, 6) is -0.352. The average Bonchev–Trinajstić information content (AvgIpc) is 3.41. The Morgan fingerprint density at radius 1 is 0.935 bits per heavy atom. The van der Waals surface area contributed by atoms with Gasteiger partial charge in [0.2, 0.25) is 5.91 Å². The zero-order chi connectivity index (χ0) is 21.8. The van der Waals surface area contributed by atoms with Crippen LogP contribution in [0.25, 0.3) is 11.0 Å². The third-order valence-electron chi connectivity index (χ3n) is 4.99. The molecule has 2 aromatic heterocycles. The maximum Gasteiger partial charge on any atom is 0.329 e. The van der Waals surface area contributed by atoms with Crippen LogP contribution in [0.2, 0.25) is 0 Å². The molecule has 0 spiro atoms. The van der Waals surface area contributed by atoms with E-state index in [1.54, 1.807) is 28.8 Å². The fourth-order valence-corrected chi connectivity index (χ4v) is 3.44. The molecule has 0 saturated heterocycles. The molecule has 8 heteroatoms. The number of aryl methyl sites for hydroxylation is 1. The smallest absolute Gasteiger partial charge is 0.329 e. The summed E-state index contributed by atoms with van der Waals surface area (Å²) in [6.45, 7) is 2.70. The molecule has 4 rings (SSSR count). The van der Waals surface area contributed by atoms with E-state index in [-0.39, 0.29) is 29.8 Å². The molecule has 158 valence electrons. The molecule has 0 aliphatic carbocycles. The largest absolute Gasteiger partial charge is 0.459 e. The Morgan fingerprint density at radius 2 is 1.65 bits per heavy atom. The van der Waals surface area contributed by atoms with Crippen LogP contribution in [0.15, 0.2) is 76.1 Å². The van der Waals surface area contributed by atoms with Gasteiger partial charge in [0.15, 0.2) is 5.76 Å². The number of nitrogens with zero attached hydrogens (tertiary/aromatic N) is 2. The number of para-hydroxylation sites is 2. The van der Waals surface area contributed by atoms with Crippen LogP contribution in [0.4, 0.5) is 5.69 Å². The molecule has 0 atom stereocenters.